The topological polar surface area (TPSA) is 59.1 Å². The van der Waals surface area contributed by atoms with E-state index in [4.69, 9.17) is 15.9 Å². The lowest BCUT2D eigenvalue weighted by Crippen LogP contribution is -2.12. The third kappa shape index (κ3) is 3.09. The Kier molecular flexibility index (Phi) is 4.12. The van der Waals surface area contributed by atoms with Gasteiger partial charge in [-0.15, -0.1) is 0 Å². The van der Waals surface area contributed by atoms with E-state index in [1.807, 2.05) is 49.4 Å². The predicted molar refractivity (Wildman–Crippen MR) is 79.3 cm³/mol. The van der Waals surface area contributed by atoms with Gasteiger partial charge in [-0.05, 0) is 36.8 Å². The third-order valence-electron chi connectivity index (χ3n) is 2.78. The fourth-order valence-electron chi connectivity index (χ4n) is 1.76. The van der Waals surface area contributed by atoms with Crippen molar-refractivity contribution >= 4 is 17.6 Å². The highest BCUT2D eigenvalue weighted by atomic mass is 32.2. The molecule has 3 nitrogen and oxygen atoms in total. The highest BCUT2D eigenvalue weighted by molar-refractivity contribution is 7.99. The number of hydrogen-bond acceptors (Lipinski definition) is 3. The van der Waals surface area contributed by atoms with Crippen LogP contribution in [0.25, 0.3) is 0 Å². The standard InChI is InChI=1S/C15H16N2OS/c1-10-4-3-5-13(15(16)17)14(10)19-12-8-6-11(18-2)7-9-12/h3-9H,1-2H3,(H3,16,17). The summed E-state index contributed by atoms with van der Waals surface area (Å²) in [6.07, 6.45) is 0. The van der Waals surface area contributed by atoms with Crippen LogP contribution < -0.4 is 10.5 Å². The molecular weight excluding hydrogens is 256 g/mol. The van der Waals surface area contributed by atoms with Gasteiger partial charge in [0.2, 0.25) is 0 Å². The minimum absolute atomic E-state index is 0.0970. The molecule has 0 heterocycles. The lowest BCUT2D eigenvalue weighted by Gasteiger charge is -2.11. The van der Waals surface area contributed by atoms with Crippen molar-refractivity contribution in [2.24, 2.45) is 5.73 Å². The summed E-state index contributed by atoms with van der Waals surface area (Å²) in [4.78, 5) is 2.12. The van der Waals surface area contributed by atoms with Crippen LogP contribution in [0.3, 0.4) is 0 Å². The number of methoxy groups -OCH3 is 1. The van der Waals surface area contributed by atoms with Crippen molar-refractivity contribution in [1.29, 1.82) is 5.41 Å². The number of amidine groups is 1. The van der Waals surface area contributed by atoms with Crippen LogP contribution in [0.15, 0.2) is 52.3 Å². The summed E-state index contributed by atoms with van der Waals surface area (Å²) < 4.78 is 5.14. The largest absolute Gasteiger partial charge is 0.497 e. The normalized spacial score (nSPS) is 10.2. The van der Waals surface area contributed by atoms with Gasteiger partial charge in [-0.25, -0.2) is 0 Å². The van der Waals surface area contributed by atoms with Crippen molar-refractivity contribution in [2.75, 3.05) is 7.11 Å². The zero-order chi connectivity index (χ0) is 13.8. The molecule has 0 aromatic heterocycles. The Hall–Kier alpha value is -1.94. The number of nitrogen functional groups attached to an aromatic ring is 1. The minimum Gasteiger partial charge on any atom is -0.497 e. The lowest BCUT2D eigenvalue weighted by molar-refractivity contribution is 0.414. The molecule has 0 spiro atoms. The maximum atomic E-state index is 7.65. The first-order valence-electron chi connectivity index (χ1n) is 5.87. The first kappa shape index (κ1) is 13.5. The van der Waals surface area contributed by atoms with Gasteiger partial charge < -0.3 is 10.5 Å². The molecule has 2 aromatic carbocycles. The van der Waals surface area contributed by atoms with Gasteiger partial charge in [-0.3, -0.25) is 5.41 Å². The van der Waals surface area contributed by atoms with Crippen LogP contribution in [0.4, 0.5) is 0 Å². The molecule has 0 bridgehead atoms. The van der Waals surface area contributed by atoms with Crippen molar-refractivity contribution in [3.05, 3.63) is 53.6 Å². The summed E-state index contributed by atoms with van der Waals surface area (Å²) in [6.45, 7) is 2.03. The molecule has 2 aromatic rings. The molecule has 0 fully saturated rings. The van der Waals surface area contributed by atoms with Gasteiger partial charge in [0, 0.05) is 15.4 Å². The van der Waals surface area contributed by atoms with Crippen LogP contribution in [0.1, 0.15) is 11.1 Å². The van der Waals surface area contributed by atoms with Crippen molar-refractivity contribution in [3.8, 4) is 5.75 Å². The molecule has 19 heavy (non-hydrogen) atoms. The molecule has 0 aliphatic rings. The van der Waals surface area contributed by atoms with Crippen LogP contribution >= 0.6 is 11.8 Å². The van der Waals surface area contributed by atoms with Gasteiger partial charge in [0.1, 0.15) is 11.6 Å². The zero-order valence-corrected chi connectivity index (χ0v) is 11.8. The Morgan fingerprint density at radius 3 is 2.42 bits per heavy atom. The molecular formula is C15H16N2OS. The summed E-state index contributed by atoms with van der Waals surface area (Å²) in [7, 11) is 1.65. The quantitative estimate of drug-likeness (QED) is 0.662. The number of rotatable bonds is 4. The van der Waals surface area contributed by atoms with Gasteiger partial charge in [-0.1, -0.05) is 30.0 Å². The van der Waals surface area contributed by atoms with E-state index in [0.717, 1.165) is 26.7 Å². The highest BCUT2D eigenvalue weighted by Crippen LogP contribution is 2.33. The predicted octanol–water partition coefficient (Wildman–Crippen LogP) is 3.44. The summed E-state index contributed by atoms with van der Waals surface area (Å²) in [5, 5.41) is 7.65. The lowest BCUT2D eigenvalue weighted by atomic mass is 10.1. The van der Waals surface area contributed by atoms with Crippen LogP contribution in [-0.4, -0.2) is 12.9 Å². The van der Waals surface area contributed by atoms with Crippen LogP contribution in [0.2, 0.25) is 0 Å². The van der Waals surface area contributed by atoms with E-state index in [1.165, 1.54) is 0 Å². The maximum absolute atomic E-state index is 7.65. The minimum atomic E-state index is 0.0970. The fraction of sp³-hybridized carbons (Fsp3) is 0.133. The second-order valence-corrected chi connectivity index (χ2v) is 5.23. The van der Waals surface area contributed by atoms with Gasteiger partial charge in [0.05, 0.1) is 7.11 Å². The van der Waals surface area contributed by atoms with E-state index in [9.17, 15) is 0 Å². The van der Waals surface area contributed by atoms with Gasteiger partial charge in [0.25, 0.3) is 0 Å². The molecule has 4 heteroatoms. The van der Waals surface area contributed by atoms with E-state index in [1.54, 1.807) is 18.9 Å². The first-order valence-corrected chi connectivity index (χ1v) is 6.69. The van der Waals surface area contributed by atoms with E-state index >= 15 is 0 Å². The van der Waals surface area contributed by atoms with Gasteiger partial charge in [-0.2, -0.15) is 0 Å². The van der Waals surface area contributed by atoms with Crippen molar-refractivity contribution in [1.82, 2.24) is 0 Å². The molecule has 0 saturated heterocycles. The SMILES string of the molecule is COc1ccc(Sc2c(C)cccc2C(=N)N)cc1. The van der Waals surface area contributed by atoms with E-state index < -0.39 is 0 Å². The monoisotopic (exact) mass is 272 g/mol. The molecule has 0 aliphatic carbocycles. The Morgan fingerprint density at radius 2 is 1.84 bits per heavy atom. The van der Waals surface area contributed by atoms with Crippen LogP contribution in [-0.2, 0) is 0 Å². The molecule has 0 unspecified atom stereocenters. The first-order chi connectivity index (χ1) is 9.11. The molecule has 2 rings (SSSR count). The number of nitrogens with one attached hydrogen (secondary N) is 1. The number of ether oxygens (including phenoxy) is 1. The van der Waals surface area contributed by atoms with E-state index in [2.05, 4.69) is 0 Å². The fourth-order valence-corrected chi connectivity index (χ4v) is 2.79. The smallest absolute Gasteiger partial charge is 0.123 e. The second-order valence-electron chi connectivity index (χ2n) is 4.14. The van der Waals surface area contributed by atoms with Gasteiger partial charge >= 0.3 is 0 Å². The highest BCUT2D eigenvalue weighted by Gasteiger charge is 2.09. The second kappa shape index (κ2) is 5.80. The average Bonchev–Trinajstić information content (AvgIpc) is 2.41. The Balaban J connectivity index is 2.34. The number of hydrogen-bond donors (Lipinski definition) is 2. The Bertz CT molecular complexity index is 594. The van der Waals surface area contributed by atoms with Crippen molar-refractivity contribution in [2.45, 2.75) is 16.7 Å². The number of benzene rings is 2. The van der Waals surface area contributed by atoms with Crippen molar-refractivity contribution < 1.29 is 4.74 Å². The Labute approximate surface area is 117 Å². The van der Waals surface area contributed by atoms with Gasteiger partial charge in [0.15, 0.2) is 0 Å². The Morgan fingerprint density at radius 1 is 1.16 bits per heavy atom. The molecule has 0 amide bonds. The molecule has 3 N–H and O–H groups in total. The van der Waals surface area contributed by atoms with Crippen molar-refractivity contribution in [3.63, 3.8) is 0 Å². The maximum Gasteiger partial charge on any atom is 0.123 e. The van der Waals surface area contributed by atoms with Crippen LogP contribution in [0.5, 0.6) is 5.75 Å². The number of nitrogens with two attached hydrogens (primary N) is 1. The van der Waals surface area contributed by atoms with E-state index in [-0.39, 0.29) is 5.84 Å². The third-order valence-corrected chi connectivity index (χ3v) is 4.04. The molecule has 0 saturated carbocycles. The molecule has 0 aliphatic heterocycles. The summed E-state index contributed by atoms with van der Waals surface area (Å²) in [5.41, 5.74) is 7.53. The summed E-state index contributed by atoms with van der Waals surface area (Å²) >= 11 is 1.61. The summed E-state index contributed by atoms with van der Waals surface area (Å²) in [6, 6.07) is 13.7. The molecule has 0 radical (unpaired) electrons. The van der Waals surface area contributed by atoms with E-state index in [0.29, 0.717) is 0 Å². The van der Waals surface area contributed by atoms with Crippen LogP contribution in [0, 0.1) is 12.3 Å². The molecule has 98 valence electrons. The number of aryl methyl sites for hydroxylation is 1. The summed E-state index contributed by atoms with van der Waals surface area (Å²) in [5.74, 6) is 0.931. The zero-order valence-electron chi connectivity index (χ0n) is 10.9. The molecule has 0 atom stereocenters. The average molecular weight is 272 g/mol.